The summed E-state index contributed by atoms with van der Waals surface area (Å²) in [5, 5.41) is 2.82. The summed E-state index contributed by atoms with van der Waals surface area (Å²) < 4.78 is 0. The molecule has 3 N–H and O–H groups in total. The van der Waals surface area contributed by atoms with Crippen molar-refractivity contribution in [1.29, 1.82) is 0 Å². The summed E-state index contributed by atoms with van der Waals surface area (Å²) in [6.45, 7) is 0. The minimum Gasteiger partial charge on any atom is -0.366 e. The average molecular weight is 436 g/mol. The van der Waals surface area contributed by atoms with E-state index >= 15 is 0 Å². The minimum absolute atomic E-state index is 0.0423. The number of rotatable bonds is 7. The van der Waals surface area contributed by atoms with E-state index in [1.165, 1.54) is 0 Å². The largest absolute Gasteiger partial charge is 0.366 e. The number of hydrogen-bond acceptors (Lipinski definition) is 5. The van der Waals surface area contributed by atoms with Crippen molar-refractivity contribution in [3.8, 4) is 0 Å². The fraction of sp³-hybridized carbons (Fsp3) is 0.0370. The molecule has 3 aromatic carbocycles. The molecule has 3 aromatic rings. The van der Waals surface area contributed by atoms with Crippen molar-refractivity contribution < 1.29 is 19.2 Å². The number of Topliss-reactive ketones (excluding diaryl/α,β-unsaturated/α-hetero) is 3. The molecule has 6 nitrogen and oxygen atoms in total. The normalized spacial score (nSPS) is 13.3. The number of nitrogens with one attached hydrogen (secondary N) is 1. The van der Waals surface area contributed by atoms with Gasteiger partial charge >= 0.3 is 0 Å². The van der Waals surface area contributed by atoms with Crippen LogP contribution in [-0.2, 0) is 4.79 Å². The monoisotopic (exact) mass is 436 g/mol. The second kappa shape index (κ2) is 9.28. The second-order valence-electron chi connectivity index (χ2n) is 7.46. The van der Waals surface area contributed by atoms with Crippen LogP contribution in [0.2, 0.25) is 0 Å². The van der Waals surface area contributed by atoms with Crippen molar-refractivity contribution in [3.63, 3.8) is 0 Å². The van der Waals surface area contributed by atoms with Crippen LogP contribution in [0.25, 0.3) is 0 Å². The molecular formula is C27H20N2O4. The number of carbonyl (C=O) groups is 4. The van der Waals surface area contributed by atoms with Crippen molar-refractivity contribution in [3.05, 3.63) is 130 Å². The highest BCUT2D eigenvalue weighted by molar-refractivity contribution is 6.22. The molecule has 0 aliphatic carbocycles. The van der Waals surface area contributed by atoms with E-state index in [0.717, 1.165) is 0 Å². The van der Waals surface area contributed by atoms with E-state index in [1.54, 1.807) is 91.0 Å². The fourth-order valence-electron chi connectivity index (χ4n) is 3.65. The molecule has 1 aliphatic heterocycles. The highest BCUT2D eigenvalue weighted by atomic mass is 16.2. The van der Waals surface area contributed by atoms with Crippen LogP contribution in [0.3, 0.4) is 0 Å². The Morgan fingerprint density at radius 2 is 0.909 bits per heavy atom. The standard InChI is InChI=1S/C27H20N2O4/c28-27(33)21-16-20(24(30)17-10-4-1-5-11-17)22(25(31)18-12-6-2-7-13-18)29-23(21)26(32)19-14-8-3-9-15-19/h1-15,29H,16H2,(H2,28,33). The Labute approximate surface area is 190 Å². The third-order valence-corrected chi connectivity index (χ3v) is 5.34. The van der Waals surface area contributed by atoms with Crippen molar-refractivity contribution >= 4 is 23.3 Å². The summed E-state index contributed by atoms with van der Waals surface area (Å²) in [6.07, 6.45) is -0.238. The average Bonchev–Trinajstić information content (AvgIpc) is 2.88. The quantitative estimate of drug-likeness (QED) is 0.550. The highest BCUT2D eigenvalue weighted by Crippen LogP contribution is 2.29. The lowest BCUT2D eigenvalue weighted by molar-refractivity contribution is -0.114. The van der Waals surface area contributed by atoms with Gasteiger partial charge in [-0.05, 0) is 0 Å². The zero-order chi connectivity index (χ0) is 23.4. The topological polar surface area (TPSA) is 106 Å². The van der Waals surface area contributed by atoms with E-state index in [-0.39, 0.29) is 29.0 Å². The molecule has 6 heteroatoms. The van der Waals surface area contributed by atoms with Gasteiger partial charge in [-0.25, -0.2) is 0 Å². The van der Waals surface area contributed by atoms with Crippen LogP contribution in [0.1, 0.15) is 37.5 Å². The molecular weight excluding hydrogens is 416 g/mol. The van der Waals surface area contributed by atoms with Gasteiger partial charge in [0.1, 0.15) is 0 Å². The number of hydrogen-bond donors (Lipinski definition) is 2. The van der Waals surface area contributed by atoms with Gasteiger partial charge in [0.15, 0.2) is 5.78 Å². The van der Waals surface area contributed by atoms with Crippen molar-refractivity contribution in [1.82, 2.24) is 5.32 Å². The number of ketones is 3. The number of amides is 1. The summed E-state index contributed by atoms with van der Waals surface area (Å²) in [6, 6.07) is 25.2. The Morgan fingerprint density at radius 3 is 1.30 bits per heavy atom. The Morgan fingerprint density at radius 1 is 0.545 bits per heavy atom. The molecule has 0 fully saturated rings. The lowest BCUT2D eigenvalue weighted by Crippen LogP contribution is -2.36. The van der Waals surface area contributed by atoms with Crippen LogP contribution in [0, 0.1) is 0 Å². The van der Waals surface area contributed by atoms with Gasteiger partial charge in [-0.15, -0.1) is 0 Å². The molecule has 33 heavy (non-hydrogen) atoms. The molecule has 162 valence electrons. The summed E-state index contributed by atoms with van der Waals surface area (Å²) in [4.78, 5) is 52.3. The first-order chi connectivity index (χ1) is 16.0. The number of carbonyl (C=O) groups excluding carboxylic acids is 4. The SMILES string of the molecule is NC(=O)C1=C(C(=O)c2ccccc2)NC(C(=O)c2ccccc2)=C(C(=O)c2ccccc2)C1. The van der Waals surface area contributed by atoms with Crippen LogP contribution in [-0.4, -0.2) is 23.3 Å². The Bertz CT molecular complexity index is 1310. The van der Waals surface area contributed by atoms with Gasteiger partial charge in [0.25, 0.3) is 0 Å². The maximum Gasteiger partial charge on any atom is 0.247 e. The van der Waals surface area contributed by atoms with Crippen molar-refractivity contribution in [2.24, 2.45) is 5.73 Å². The van der Waals surface area contributed by atoms with Gasteiger partial charge in [0.2, 0.25) is 17.5 Å². The van der Waals surface area contributed by atoms with Gasteiger partial charge < -0.3 is 11.1 Å². The van der Waals surface area contributed by atoms with Crippen LogP contribution in [0.4, 0.5) is 0 Å². The Kier molecular flexibility index (Phi) is 6.09. The predicted molar refractivity (Wildman–Crippen MR) is 123 cm³/mol. The van der Waals surface area contributed by atoms with Gasteiger partial charge in [0.05, 0.1) is 11.4 Å². The zero-order valence-electron chi connectivity index (χ0n) is 17.6. The maximum atomic E-state index is 13.4. The summed E-state index contributed by atoms with van der Waals surface area (Å²) in [7, 11) is 0. The molecule has 4 rings (SSSR count). The fourth-order valence-corrected chi connectivity index (χ4v) is 3.65. The summed E-state index contributed by atoms with van der Waals surface area (Å²) in [5.41, 5.74) is 6.50. The first-order valence-corrected chi connectivity index (χ1v) is 10.3. The van der Waals surface area contributed by atoms with Crippen LogP contribution >= 0.6 is 0 Å². The first kappa shape index (κ1) is 21.6. The molecule has 0 saturated heterocycles. The Balaban J connectivity index is 1.85. The molecule has 0 spiro atoms. The smallest absolute Gasteiger partial charge is 0.247 e. The third-order valence-electron chi connectivity index (χ3n) is 5.34. The molecule has 1 amide bonds. The van der Waals surface area contributed by atoms with E-state index < -0.39 is 23.3 Å². The van der Waals surface area contributed by atoms with Gasteiger partial charge in [-0.2, -0.15) is 0 Å². The number of primary amides is 1. The zero-order valence-corrected chi connectivity index (χ0v) is 17.6. The van der Waals surface area contributed by atoms with E-state index in [9.17, 15) is 19.2 Å². The van der Waals surface area contributed by atoms with E-state index in [0.29, 0.717) is 16.7 Å². The number of dihydropyridines is 1. The van der Waals surface area contributed by atoms with Crippen LogP contribution < -0.4 is 11.1 Å². The van der Waals surface area contributed by atoms with Crippen molar-refractivity contribution in [2.45, 2.75) is 6.42 Å². The molecule has 0 atom stereocenters. The second-order valence-corrected chi connectivity index (χ2v) is 7.46. The molecule has 1 heterocycles. The molecule has 0 unspecified atom stereocenters. The molecule has 0 radical (unpaired) electrons. The van der Waals surface area contributed by atoms with Crippen molar-refractivity contribution in [2.75, 3.05) is 0 Å². The number of allylic oxidation sites excluding steroid dienone is 3. The first-order valence-electron chi connectivity index (χ1n) is 10.3. The number of nitrogens with two attached hydrogens (primary N) is 1. The lowest BCUT2D eigenvalue weighted by Gasteiger charge is -2.25. The van der Waals surface area contributed by atoms with E-state index in [4.69, 9.17) is 5.73 Å². The minimum atomic E-state index is -0.841. The van der Waals surface area contributed by atoms with E-state index in [2.05, 4.69) is 5.32 Å². The summed E-state index contributed by atoms with van der Waals surface area (Å²) >= 11 is 0. The molecule has 1 aliphatic rings. The van der Waals surface area contributed by atoms with Crippen LogP contribution in [0.15, 0.2) is 114 Å². The molecule has 0 aromatic heterocycles. The van der Waals surface area contributed by atoms with Crippen LogP contribution in [0.5, 0.6) is 0 Å². The van der Waals surface area contributed by atoms with Gasteiger partial charge in [0, 0.05) is 34.3 Å². The number of benzene rings is 3. The van der Waals surface area contributed by atoms with E-state index in [1.807, 2.05) is 0 Å². The van der Waals surface area contributed by atoms with Gasteiger partial charge in [-0.3, -0.25) is 19.2 Å². The predicted octanol–water partition coefficient (Wildman–Crippen LogP) is 3.62. The lowest BCUT2D eigenvalue weighted by atomic mass is 9.87. The maximum absolute atomic E-state index is 13.4. The highest BCUT2D eigenvalue weighted by Gasteiger charge is 2.34. The molecule has 0 bridgehead atoms. The molecule has 0 saturated carbocycles. The Hall–Kier alpha value is -4.58. The summed E-state index contributed by atoms with van der Waals surface area (Å²) in [5.74, 6) is -2.22. The third kappa shape index (κ3) is 4.41. The van der Waals surface area contributed by atoms with Gasteiger partial charge in [-0.1, -0.05) is 91.0 Å².